The Kier molecular flexibility index (Phi) is 7.25. The molecule has 1 amide bonds. The van der Waals surface area contributed by atoms with Crippen molar-refractivity contribution in [3.63, 3.8) is 0 Å². The van der Waals surface area contributed by atoms with Crippen LogP contribution >= 0.6 is 12.4 Å². The number of alkyl halides is 3. The van der Waals surface area contributed by atoms with Crippen LogP contribution in [0.15, 0.2) is 24.3 Å². The molecule has 142 valence electrons. The average molecular weight is 383 g/mol. The van der Waals surface area contributed by atoms with Crippen molar-refractivity contribution in [3.05, 3.63) is 35.4 Å². The monoisotopic (exact) mass is 382 g/mol. The fourth-order valence-corrected chi connectivity index (χ4v) is 2.86. The minimum absolute atomic E-state index is 0. The van der Waals surface area contributed by atoms with Gasteiger partial charge in [-0.25, -0.2) is 0 Å². The highest BCUT2D eigenvalue weighted by Gasteiger charge is 2.38. The Morgan fingerprint density at radius 2 is 2.00 bits per heavy atom. The number of benzene rings is 1. The van der Waals surface area contributed by atoms with E-state index in [-0.39, 0.29) is 56.4 Å². The van der Waals surface area contributed by atoms with E-state index in [0.29, 0.717) is 0 Å². The maximum atomic E-state index is 12.8. The molecule has 2 rings (SSSR count). The lowest BCUT2D eigenvalue weighted by atomic mass is 9.83. The number of nitrogens with zero attached hydrogens (tertiary/aromatic N) is 1. The molecule has 0 spiro atoms. The first-order valence-corrected chi connectivity index (χ1v) is 7.61. The maximum absolute atomic E-state index is 12.8. The third-order valence-corrected chi connectivity index (χ3v) is 4.29. The van der Waals surface area contributed by atoms with Gasteiger partial charge in [0.25, 0.3) is 0 Å². The van der Waals surface area contributed by atoms with Gasteiger partial charge in [0.2, 0.25) is 5.91 Å². The van der Waals surface area contributed by atoms with Crippen LogP contribution in [0.3, 0.4) is 0 Å². The Bertz CT molecular complexity index is 590. The van der Waals surface area contributed by atoms with Crippen LogP contribution in [0.5, 0.6) is 0 Å². The van der Waals surface area contributed by atoms with E-state index in [9.17, 15) is 23.1 Å². The number of carbonyl (C=O) groups is 1. The Hall–Kier alpha value is -1.35. The molecule has 1 aliphatic rings. The number of methoxy groups -OCH3 is 1. The lowest BCUT2D eigenvalue weighted by molar-refractivity contribution is -0.138. The van der Waals surface area contributed by atoms with Gasteiger partial charge in [-0.3, -0.25) is 4.79 Å². The van der Waals surface area contributed by atoms with Crippen LogP contribution < -0.4 is 5.73 Å². The summed E-state index contributed by atoms with van der Waals surface area (Å²) in [7, 11) is 1.44. The molecule has 0 saturated carbocycles. The average Bonchev–Trinajstić information content (AvgIpc) is 2.54. The second kappa shape index (κ2) is 8.35. The predicted octanol–water partition coefficient (Wildman–Crippen LogP) is 1.91. The standard InChI is InChI=1S/C16H21F3N2O3.ClH/c1-24-10-13(20)14(22)21-7-5-15(23,6-8-21)11-3-2-4-12(9-11)16(17,18)19;/h2-4,9,13,23H,5-8,10,20H2,1H3;1H/t13-;/m1./s1. The molecular formula is C16H22ClF3N2O3. The summed E-state index contributed by atoms with van der Waals surface area (Å²) in [4.78, 5) is 13.6. The number of nitrogens with two attached hydrogens (primary N) is 1. The molecule has 1 saturated heterocycles. The van der Waals surface area contributed by atoms with Crippen LogP contribution in [0.4, 0.5) is 13.2 Å². The van der Waals surface area contributed by atoms with E-state index in [2.05, 4.69) is 0 Å². The van der Waals surface area contributed by atoms with Crippen LogP contribution in [0.25, 0.3) is 0 Å². The molecule has 0 bridgehead atoms. The van der Waals surface area contributed by atoms with Gasteiger partial charge >= 0.3 is 6.18 Å². The summed E-state index contributed by atoms with van der Waals surface area (Å²) < 4.78 is 43.3. The van der Waals surface area contributed by atoms with Gasteiger partial charge < -0.3 is 20.5 Å². The molecule has 9 heteroatoms. The number of likely N-dealkylation sites (tertiary alicyclic amines) is 1. The normalized spacial score (nSPS) is 18.4. The van der Waals surface area contributed by atoms with Crippen molar-refractivity contribution >= 4 is 18.3 Å². The Morgan fingerprint density at radius 3 is 2.52 bits per heavy atom. The minimum Gasteiger partial charge on any atom is -0.385 e. The summed E-state index contributed by atoms with van der Waals surface area (Å²) >= 11 is 0. The first-order chi connectivity index (χ1) is 11.2. The number of carbonyl (C=O) groups excluding carboxylic acids is 1. The summed E-state index contributed by atoms with van der Waals surface area (Å²) in [5, 5.41) is 10.7. The zero-order valence-corrected chi connectivity index (χ0v) is 14.6. The van der Waals surface area contributed by atoms with Gasteiger partial charge in [0, 0.05) is 20.2 Å². The molecule has 0 aliphatic carbocycles. The lowest BCUT2D eigenvalue weighted by Gasteiger charge is -2.39. The molecule has 1 atom stereocenters. The smallest absolute Gasteiger partial charge is 0.385 e. The van der Waals surface area contributed by atoms with E-state index in [4.69, 9.17) is 10.5 Å². The third kappa shape index (κ3) is 5.07. The number of piperidine rings is 1. The van der Waals surface area contributed by atoms with Crippen LogP contribution in [0, 0.1) is 0 Å². The predicted molar refractivity (Wildman–Crippen MR) is 88.3 cm³/mol. The van der Waals surface area contributed by atoms with E-state index in [1.807, 2.05) is 0 Å². The van der Waals surface area contributed by atoms with Gasteiger partial charge in [-0.15, -0.1) is 12.4 Å². The summed E-state index contributed by atoms with van der Waals surface area (Å²) in [5.74, 6) is -0.289. The Labute approximate surface area is 150 Å². The number of hydrogen-bond donors (Lipinski definition) is 2. The summed E-state index contributed by atoms with van der Waals surface area (Å²) in [6.45, 7) is 0.541. The lowest BCUT2D eigenvalue weighted by Crippen LogP contribution is -2.51. The molecular weight excluding hydrogens is 361 g/mol. The van der Waals surface area contributed by atoms with Crippen molar-refractivity contribution < 1.29 is 27.8 Å². The highest BCUT2D eigenvalue weighted by Crippen LogP contribution is 2.36. The molecule has 0 radical (unpaired) electrons. The summed E-state index contributed by atoms with van der Waals surface area (Å²) in [5.41, 5.74) is 3.73. The molecule has 1 fully saturated rings. The quantitative estimate of drug-likeness (QED) is 0.834. The van der Waals surface area contributed by atoms with E-state index >= 15 is 0 Å². The van der Waals surface area contributed by atoms with Crippen molar-refractivity contribution in [2.75, 3.05) is 26.8 Å². The fourth-order valence-electron chi connectivity index (χ4n) is 2.86. The topological polar surface area (TPSA) is 75.8 Å². The van der Waals surface area contributed by atoms with Gasteiger partial charge in [0.1, 0.15) is 6.04 Å². The van der Waals surface area contributed by atoms with E-state index < -0.39 is 23.4 Å². The number of halogens is 4. The number of aliphatic hydroxyl groups is 1. The van der Waals surface area contributed by atoms with Crippen LogP contribution in [-0.4, -0.2) is 48.8 Å². The van der Waals surface area contributed by atoms with E-state index in [1.54, 1.807) is 0 Å². The summed E-state index contributed by atoms with van der Waals surface area (Å²) in [6, 6.07) is 3.91. The maximum Gasteiger partial charge on any atom is 0.416 e. The molecule has 3 N–H and O–H groups in total. The van der Waals surface area contributed by atoms with Gasteiger partial charge in [-0.2, -0.15) is 13.2 Å². The van der Waals surface area contributed by atoms with Gasteiger partial charge in [-0.1, -0.05) is 12.1 Å². The van der Waals surface area contributed by atoms with Crippen molar-refractivity contribution in [1.82, 2.24) is 4.90 Å². The molecule has 1 aromatic carbocycles. The summed E-state index contributed by atoms with van der Waals surface area (Å²) in [6.07, 6.45) is -4.16. The largest absolute Gasteiger partial charge is 0.416 e. The first-order valence-electron chi connectivity index (χ1n) is 7.61. The van der Waals surface area contributed by atoms with E-state index in [1.165, 1.54) is 24.1 Å². The highest BCUT2D eigenvalue weighted by atomic mass is 35.5. The SMILES string of the molecule is COC[C@@H](N)C(=O)N1CCC(O)(c2cccc(C(F)(F)F)c2)CC1.Cl. The minimum atomic E-state index is -4.46. The van der Waals surface area contributed by atoms with E-state index in [0.717, 1.165) is 12.1 Å². The van der Waals surface area contributed by atoms with Crippen molar-refractivity contribution in [2.45, 2.75) is 30.7 Å². The second-order valence-corrected chi connectivity index (χ2v) is 6.00. The fraction of sp³-hybridized carbons (Fsp3) is 0.562. The Balaban J connectivity index is 0.00000312. The van der Waals surface area contributed by atoms with Crippen molar-refractivity contribution in [3.8, 4) is 0 Å². The highest BCUT2D eigenvalue weighted by molar-refractivity contribution is 5.85. The first kappa shape index (κ1) is 21.7. The number of amides is 1. The molecule has 1 heterocycles. The molecule has 1 aliphatic heterocycles. The second-order valence-electron chi connectivity index (χ2n) is 6.00. The zero-order valence-electron chi connectivity index (χ0n) is 13.8. The van der Waals surface area contributed by atoms with Crippen molar-refractivity contribution in [1.29, 1.82) is 0 Å². The van der Waals surface area contributed by atoms with Gasteiger partial charge in [0.05, 0.1) is 17.8 Å². The molecule has 5 nitrogen and oxygen atoms in total. The van der Waals surface area contributed by atoms with Gasteiger partial charge in [-0.05, 0) is 30.5 Å². The third-order valence-electron chi connectivity index (χ3n) is 4.29. The molecule has 0 aromatic heterocycles. The van der Waals surface area contributed by atoms with Crippen LogP contribution in [-0.2, 0) is 21.3 Å². The molecule has 1 aromatic rings. The molecule has 0 unspecified atom stereocenters. The number of hydrogen-bond acceptors (Lipinski definition) is 4. The van der Waals surface area contributed by atoms with Crippen LogP contribution in [0.1, 0.15) is 24.0 Å². The van der Waals surface area contributed by atoms with Gasteiger partial charge in [0.15, 0.2) is 0 Å². The zero-order chi connectivity index (χ0) is 18.0. The molecule has 25 heavy (non-hydrogen) atoms. The van der Waals surface area contributed by atoms with Crippen LogP contribution in [0.2, 0.25) is 0 Å². The number of ether oxygens (including phenoxy) is 1. The number of rotatable bonds is 4. The van der Waals surface area contributed by atoms with Crippen molar-refractivity contribution in [2.24, 2.45) is 5.73 Å². The Morgan fingerprint density at radius 1 is 1.40 bits per heavy atom.